The van der Waals surface area contributed by atoms with E-state index in [0.717, 1.165) is 12.1 Å². The highest BCUT2D eigenvalue weighted by Crippen LogP contribution is 2.33. The van der Waals surface area contributed by atoms with E-state index in [9.17, 15) is 18.0 Å². The van der Waals surface area contributed by atoms with Crippen molar-refractivity contribution in [3.8, 4) is 11.1 Å². The van der Waals surface area contributed by atoms with Crippen molar-refractivity contribution in [3.05, 3.63) is 59.7 Å². The first-order chi connectivity index (χ1) is 9.38. The minimum absolute atomic E-state index is 0.151. The maximum Gasteiger partial charge on any atom is 0.416 e. The molecule has 0 bridgehead atoms. The fourth-order valence-corrected chi connectivity index (χ4v) is 1.98. The Morgan fingerprint density at radius 3 is 2.25 bits per heavy atom. The van der Waals surface area contributed by atoms with E-state index in [1.54, 1.807) is 30.3 Å². The fourth-order valence-electron chi connectivity index (χ4n) is 1.98. The number of aliphatic carboxylic acids is 1. The van der Waals surface area contributed by atoms with Gasteiger partial charge < -0.3 is 5.11 Å². The Balaban J connectivity index is 2.54. The van der Waals surface area contributed by atoms with Crippen molar-refractivity contribution in [3.63, 3.8) is 0 Å². The maximum atomic E-state index is 12.7. The monoisotopic (exact) mass is 280 g/mol. The Bertz CT molecular complexity index is 619. The first-order valence-corrected chi connectivity index (χ1v) is 5.85. The predicted octanol–water partition coefficient (Wildman–Crippen LogP) is 4.00. The smallest absolute Gasteiger partial charge is 0.416 e. The number of halogens is 3. The first kappa shape index (κ1) is 14.1. The number of hydrogen-bond donors (Lipinski definition) is 1. The van der Waals surface area contributed by atoms with Crippen LogP contribution < -0.4 is 0 Å². The van der Waals surface area contributed by atoms with Crippen molar-refractivity contribution in [2.75, 3.05) is 0 Å². The summed E-state index contributed by atoms with van der Waals surface area (Å²) in [5.74, 6) is -1.17. The van der Waals surface area contributed by atoms with Gasteiger partial charge in [0.15, 0.2) is 0 Å². The number of carboxylic acid groups (broad SMARTS) is 1. The van der Waals surface area contributed by atoms with Gasteiger partial charge in [-0.3, -0.25) is 4.79 Å². The topological polar surface area (TPSA) is 37.3 Å². The second-order valence-corrected chi connectivity index (χ2v) is 4.31. The molecule has 0 heterocycles. The summed E-state index contributed by atoms with van der Waals surface area (Å²) in [6, 6.07) is 11.9. The van der Waals surface area contributed by atoms with Crippen molar-refractivity contribution in [2.45, 2.75) is 12.6 Å². The van der Waals surface area contributed by atoms with Crippen LogP contribution in [-0.2, 0) is 17.4 Å². The molecule has 104 valence electrons. The van der Waals surface area contributed by atoms with E-state index in [-0.39, 0.29) is 5.56 Å². The van der Waals surface area contributed by atoms with Gasteiger partial charge in [0.2, 0.25) is 0 Å². The number of carboxylic acids is 1. The van der Waals surface area contributed by atoms with Gasteiger partial charge >= 0.3 is 12.1 Å². The van der Waals surface area contributed by atoms with Crippen molar-refractivity contribution in [1.29, 1.82) is 0 Å². The van der Waals surface area contributed by atoms with Gasteiger partial charge in [-0.05, 0) is 28.8 Å². The lowest BCUT2D eigenvalue weighted by Gasteiger charge is -2.12. The molecule has 2 nitrogen and oxygen atoms in total. The highest BCUT2D eigenvalue weighted by Gasteiger charge is 2.31. The molecule has 0 radical (unpaired) electrons. The van der Waals surface area contributed by atoms with Crippen LogP contribution in [-0.4, -0.2) is 11.1 Å². The molecule has 2 rings (SSSR count). The quantitative estimate of drug-likeness (QED) is 0.922. The van der Waals surface area contributed by atoms with Gasteiger partial charge in [-0.2, -0.15) is 13.2 Å². The molecule has 2 aromatic rings. The molecule has 0 unspecified atom stereocenters. The van der Waals surface area contributed by atoms with Crippen molar-refractivity contribution in [2.24, 2.45) is 0 Å². The number of carbonyl (C=O) groups is 1. The number of rotatable bonds is 3. The van der Waals surface area contributed by atoms with Crippen LogP contribution in [0.15, 0.2) is 48.5 Å². The Labute approximate surface area is 113 Å². The molecule has 0 aliphatic heterocycles. The summed E-state index contributed by atoms with van der Waals surface area (Å²) in [7, 11) is 0. The molecule has 0 atom stereocenters. The Morgan fingerprint density at radius 2 is 1.70 bits per heavy atom. The highest BCUT2D eigenvalue weighted by molar-refractivity contribution is 5.77. The van der Waals surface area contributed by atoms with Gasteiger partial charge in [0.25, 0.3) is 0 Å². The van der Waals surface area contributed by atoms with E-state index < -0.39 is 24.1 Å². The number of benzene rings is 2. The summed E-state index contributed by atoms with van der Waals surface area (Å²) in [6.45, 7) is 0. The minimum Gasteiger partial charge on any atom is -0.481 e. The third kappa shape index (κ3) is 3.17. The Morgan fingerprint density at radius 1 is 1.05 bits per heavy atom. The summed E-state index contributed by atoms with van der Waals surface area (Å²) in [6.07, 6.45) is -4.93. The van der Waals surface area contributed by atoms with Crippen molar-refractivity contribution < 1.29 is 23.1 Å². The van der Waals surface area contributed by atoms with E-state index in [4.69, 9.17) is 5.11 Å². The van der Waals surface area contributed by atoms with Gasteiger partial charge in [0.05, 0.1) is 12.0 Å². The molecule has 20 heavy (non-hydrogen) atoms. The van der Waals surface area contributed by atoms with Gasteiger partial charge in [0.1, 0.15) is 0 Å². The number of hydrogen-bond acceptors (Lipinski definition) is 1. The molecular weight excluding hydrogens is 269 g/mol. The molecule has 0 spiro atoms. The standard InChI is InChI=1S/C15H11F3O2/c16-15(17,18)12-6-7-13(10-4-2-1-3-5-10)11(8-12)9-14(19)20/h1-8H,9H2,(H,19,20). The summed E-state index contributed by atoms with van der Waals surface area (Å²) < 4.78 is 38.1. The highest BCUT2D eigenvalue weighted by atomic mass is 19.4. The third-order valence-corrected chi connectivity index (χ3v) is 2.86. The zero-order valence-corrected chi connectivity index (χ0v) is 10.3. The largest absolute Gasteiger partial charge is 0.481 e. The molecule has 0 fully saturated rings. The molecule has 2 aromatic carbocycles. The predicted molar refractivity (Wildman–Crippen MR) is 68.2 cm³/mol. The van der Waals surface area contributed by atoms with Crippen LogP contribution in [0, 0.1) is 0 Å². The molecule has 0 aliphatic carbocycles. The van der Waals surface area contributed by atoms with Crippen LogP contribution in [0.3, 0.4) is 0 Å². The van der Waals surface area contributed by atoms with Crippen LogP contribution in [0.1, 0.15) is 11.1 Å². The zero-order valence-electron chi connectivity index (χ0n) is 10.3. The lowest BCUT2D eigenvalue weighted by Crippen LogP contribution is -2.08. The second kappa shape index (κ2) is 5.36. The van der Waals surface area contributed by atoms with Gasteiger partial charge in [-0.15, -0.1) is 0 Å². The van der Waals surface area contributed by atoms with Gasteiger partial charge in [0, 0.05) is 0 Å². The SMILES string of the molecule is O=C(O)Cc1cc(C(F)(F)F)ccc1-c1ccccc1. The summed E-state index contributed by atoms with van der Waals surface area (Å²) in [4.78, 5) is 10.8. The van der Waals surface area contributed by atoms with Crippen LogP contribution in [0.5, 0.6) is 0 Å². The molecule has 0 saturated carbocycles. The van der Waals surface area contributed by atoms with E-state index >= 15 is 0 Å². The number of alkyl halides is 3. The molecule has 0 aliphatic rings. The normalized spacial score (nSPS) is 11.3. The lowest BCUT2D eigenvalue weighted by molar-refractivity contribution is -0.138. The Hall–Kier alpha value is -2.30. The molecule has 5 heteroatoms. The van der Waals surface area contributed by atoms with Crippen molar-refractivity contribution >= 4 is 5.97 Å². The van der Waals surface area contributed by atoms with Gasteiger partial charge in [-0.1, -0.05) is 36.4 Å². The van der Waals surface area contributed by atoms with E-state index in [2.05, 4.69) is 0 Å². The van der Waals surface area contributed by atoms with Crippen LogP contribution in [0.25, 0.3) is 11.1 Å². The summed E-state index contributed by atoms with van der Waals surface area (Å²) in [5, 5.41) is 8.85. The summed E-state index contributed by atoms with van der Waals surface area (Å²) in [5.41, 5.74) is 0.505. The Kier molecular flexibility index (Phi) is 3.79. The average molecular weight is 280 g/mol. The van der Waals surface area contributed by atoms with E-state index in [0.29, 0.717) is 11.1 Å². The van der Waals surface area contributed by atoms with Crippen LogP contribution in [0.4, 0.5) is 13.2 Å². The fraction of sp³-hybridized carbons (Fsp3) is 0.133. The van der Waals surface area contributed by atoms with Crippen LogP contribution >= 0.6 is 0 Å². The average Bonchev–Trinajstić information content (AvgIpc) is 2.38. The second-order valence-electron chi connectivity index (χ2n) is 4.31. The first-order valence-electron chi connectivity index (χ1n) is 5.85. The van der Waals surface area contributed by atoms with Crippen molar-refractivity contribution in [1.82, 2.24) is 0 Å². The molecule has 0 aromatic heterocycles. The maximum absolute atomic E-state index is 12.7. The van der Waals surface area contributed by atoms with E-state index in [1.807, 2.05) is 0 Å². The minimum atomic E-state index is -4.48. The van der Waals surface area contributed by atoms with E-state index in [1.165, 1.54) is 6.07 Å². The summed E-state index contributed by atoms with van der Waals surface area (Å²) >= 11 is 0. The van der Waals surface area contributed by atoms with Crippen LogP contribution in [0.2, 0.25) is 0 Å². The van der Waals surface area contributed by atoms with Gasteiger partial charge in [-0.25, -0.2) is 0 Å². The molecule has 0 saturated heterocycles. The molecular formula is C15H11F3O2. The molecule has 0 amide bonds. The zero-order chi connectivity index (χ0) is 14.8. The molecule has 1 N–H and O–H groups in total. The third-order valence-electron chi connectivity index (χ3n) is 2.86. The lowest BCUT2D eigenvalue weighted by atomic mass is 9.95.